The molecule has 0 unspecified atom stereocenters. The molecule has 3 nitrogen and oxygen atoms in total. The Kier molecular flexibility index (Phi) is 3.01. The van der Waals surface area contributed by atoms with Gasteiger partial charge in [0.25, 0.3) is 5.91 Å². The van der Waals surface area contributed by atoms with E-state index in [1.54, 1.807) is 11.9 Å². The van der Waals surface area contributed by atoms with Crippen molar-refractivity contribution in [2.75, 3.05) is 11.9 Å². The molecular weight excluding hydrogens is 220 g/mol. The number of amides is 1. The minimum Gasteiger partial charge on any atom is -0.310 e. The number of aryl methyl sites for hydroxylation is 1. The molecule has 4 heteroatoms. The summed E-state index contributed by atoms with van der Waals surface area (Å²) >= 11 is 1.35. The van der Waals surface area contributed by atoms with Gasteiger partial charge in [0, 0.05) is 17.6 Å². The van der Waals surface area contributed by atoms with Gasteiger partial charge in [0.1, 0.15) is 5.69 Å². The topological polar surface area (TPSA) is 33.2 Å². The van der Waals surface area contributed by atoms with Crippen molar-refractivity contribution >= 4 is 23.1 Å². The predicted molar refractivity (Wildman–Crippen MR) is 66.0 cm³/mol. The summed E-state index contributed by atoms with van der Waals surface area (Å²) in [5, 5.41) is 0. The van der Waals surface area contributed by atoms with E-state index < -0.39 is 0 Å². The lowest BCUT2D eigenvalue weighted by Crippen LogP contribution is -2.26. The molecule has 0 atom stereocenters. The first-order valence-corrected chi connectivity index (χ1v) is 5.72. The van der Waals surface area contributed by atoms with Crippen LogP contribution in [0.1, 0.15) is 15.4 Å². The first-order chi connectivity index (χ1) is 7.68. The molecule has 2 rings (SSSR count). The third-order valence-electron chi connectivity index (χ3n) is 2.30. The Labute approximate surface area is 98.5 Å². The SMILES string of the molecule is Cc1cc(C(=O)N(C)c2ccccc2)ns1. The summed E-state index contributed by atoms with van der Waals surface area (Å²) in [5.74, 6) is -0.0736. The van der Waals surface area contributed by atoms with E-state index in [0.29, 0.717) is 5.69 Å². The number of hydrogen-bond donors (Lipinski definition) is 0. The summed E-state index contributed by atoms with van der Waals surface area (Å²) in [6.07, 6.45) is 0. The number of carbonyl (C=O) groups excluding carboxylic acids is 1. The molecule has 0 bridgehead atoms. The fourth-order valence-electron chi connectivity index (χ4n) is 1.41. The van der Waals surface area contributed by atoms with Crippen LogP contribution in [0.15, 0.2) is 36.4 Å². The molecule has 82 valence electrons. The van der Waals surface area contributed by atoms with Crippen LogP contribution in [0.3, 0.4) is 0 Å². The Morgan fingerprint density at radius 2 is 2.00 bits per heavy atom. The molecule has 2 aromatic rings. The van der Waals surface area contributed by atoms with Gasteiger partial charge < -0.3 is 4.90 Å². The lowest BCUT2D eigenvalue weighted by molar-refractivity contribution is 0.0989. The first-order valence-electron chi connectivity index (χ1n) is 4.95. The molecule has 0 saturated heterocycles. The average Bonchev–Trinajstić information content (AvgIpc) is 2.75. The largest absolute Gasteiger partial charge is 0.310 e. The molecule has 0 spiro atoms. The van der Waals surface area contributed by atoms with E-state index in [2.05, 4.69) is 4.37 Å². The van der Waals surface area contributed by atoms with Gasteiger partial charge >= 0.3 is 0 Å². The summed E-state index contributed by atoms with van der Waals surface area (Å²) < 4.78 is 4.11. The van der Waals surface area contributed by atoms with Gasteiger partial charge in [0.05, 0.1) is 0 Å². The highest BCUT2D eigenvalue weighted by Crippen LogP contribution is 2.16. The average molecular weight is 232 g/mol. The molecule has 1 heterocycles. The van der Waals surface area contributed by atoms with Gasteiger partial charge in [-0.3, -0.25) is 4.79 Å². The van der Waals surface area contributed by atoms with Gasteiger partial charge in [-0.15, -0.1) is 0 Å². The van der Waals surface area contributed by atoms with Crippen LogP contribution in [-0.4, -0.2) is 17.3 Å². The van der Waals surface area contributed by atoms with E-state index in [-0.39, 0.29) is 5.91 Å². The first kappa shape index (κ1) is 10.8. The molecule has 0 radical (unpaired) electrons. The second kappa shape index (κ2) is 4.45. The number of aromatic nitrogens is 1. The molecule has 0 N–H and O–H groups in total. The Morgan fingerprint density at radius 3 is 2.56 bits per heavy atom. The molecular formula is C12H12N2OS. The molecule has 0 aliphatic carbocycles. The fourth-order valence-corrected chi connectivity index (χ4v) is 1.95. The smallest absolute Gasteiger partial charge is 0.277 e. The van der Waals surface area contributed by atoms with E-state index in [0.717, 1.165) is 10.6 Å². The van der Waals surface area contributed by atoms with E-state index >= 15 is 0 Å². The van der Waals surface area contributed by atoms with E-state index in [1.165, 1.54) is 11.5 Å². The van der Waals surface area contributed by atoms with Gasteiger partial charge in [-0.1, -0.05) is 18.2 Å². The van der Waals surface area contributed by atoms with Gasteiger partial charge in [0.15, 0.2) is 0 Å². The van der Waals surface area contributed by atoms with Gasteiger partial charge in [-0.05, 0) is 36.7 Å². The second-order valence-corrected chi connectivity index (χ2v) is 4.53. The van der Waals surface area contributed by atoms with Gasteiger partial charge in [-0.25, -0.2) is 0 Å². The van der Waals surface area contributed by atoms with Crippen molar-refractivity contribution < 1.29 is 4.79 Å². The van der Waals surface area contributed by atoms with E-state index in [9.17, 15) is 4.79 Å². The van der Waals surface area contributed by atoms with Crippen LogP contribution in [0.2, 0.25) is 0 Å². The Balaban J connectivity index is 2.23. The van der Waals surface area contributed by atoms with Crippen LogP contribution in [0.4, 0.5) is 5.69 Å². The number of nitrogens with zero attached hydrogens (tertiary/aromatic N) is 2. The Bertz CT molecular complexity index is 493. The maximum Gasteiger partial charge on any atom is 0.277 e. The van der Waals surface area contributed by atoms with Crippen LogP contribution in [0, 0.1) is 6.92 Å². The number of para-hydroxylation sites is 1. The number of rotatable bonds is 2. The number of benzene rings is 1. The predicted octanol–water partition coefficient (Wildman–Crippen LogP) is 2.73. The van der Waals surface area contributed by atoms with E-state index in [4.69, 9.17) is 0 Å². The maximum absolute atomic E-state index is 12.0. The Hall–Kier alpha value is -1.68. The quantitative estimate of drug-likeness (QED) is 0.797. The highest BCUT2D eigenvalue weighted by molar-refractivity contribution is 7.05. The van der Waals surface area contributed by atoms with Crippen LogP contribution in [-0.2, 0) is 0 Å². The zero-order chi connectivity index (χ0) is 11.5. The van der Waals surface area contributed by atoms with Crippen molar-refractivity contribution in [2.24, 2.45) is 0 Å². The molecule has 0 fully saturated rings. The van der Waals surface area contributed by atoms with Crippen LogP contribution in [0.5, 0.6) is 0 Å². The Morgan fingerprint density at radius 1 is 1.31 bits per heavy atom. The summed E-state index contributed by atoms with van der Waals surface area (Å²) in [6.45, 7) is 1.94. The van der Waals surface area contributed by atoms with Crippen LogP contribution >= 0.6 is 11.5 Å². The highest BCUT2D eigenvalue weighted by Gasteiger charge is 2.15. The summed E-state index contributed by atoms with van der Waals surface area (Å²) in [6, 6.07) is 11.4. The second-order valence-electron chi connectivity index (χ2n) is 3.52. The van der Waals surface area contributed by atoms with Crippen molar-refractivity contribution in [3.63, 3.8) is 0 Å². The molecule has 16 heavy (non-hydrogen) atoms. The van der Waals surface area contributed by atoms with Crippen molar-refractivity contribution in [3.8, 4) is 0 Å². The number of carbonyl (C=O) groups is 1. The minimum atomic E-state index is -0.0736. The van der Waals surface area contributed by atoms with Gasteiger partial charge in [-0.2, -0.15) is 4.37 Å². The molecule has 1 aromatic heterocycles. The third kappa shape index (κ3) is 2.12. The maximum atomic E-state index is 12.0. The van der Waals surface area contributed by atoms with Crippen molar-refractivity contribution in [1.82, 2.24) is 4.37 Å². The lowest BCUT2D eigenvalue weighted by Gasteiger charge is -2.15. The molecule has 0 aliphatic heterocycles. The van der Waals surface area contributed by atoms with Crippen LogP contribution in [0.25, 0.3) is 0 Å². The zero-order valence-electron chi connectivity index (χ0n) is 9.18. The fraction of sp³-hybridized carbons (Fsp3) is 0.167. The minimum absolute atomic E-state index is 0.0736. The standard InChI is InChI=1S/C12H12N2OS/c1-9-8-11(13-16-9)12(15)14(2)10-6-4-3-5-7-10/h3-8H,1-2H3. The monoisotopic (exact) mass is 232 g/mol. The number of hydrogen-bond acceptors (Lipinski definition) is 3. The van der Waals surface area contributed by atoms with Gasteiger partial charge in [0.2, 0.25) is 0 Å². The molecule has 1 aromatic carbocycles. The van der Waals surface area contributed by atoms with Crippen LogP contribution < -0.4 is 4.90 Å². The highest BCUT2D eigenvalue weighted by atomic mass is 32.1. The van der Waals surface area contributed by atoms with Crippen molar-refractivity contribution in [2.45, 2.75) is 6.92 Å². The lowest BCUT2D eigenvalue weighted by atomic mass is 10.2. The van der Waals surface area contributed by atoms with Crippen molar-refractivity contribution in [1.29, 1.82) is 0 Å². The normalized spacial score (nSPS) is 10.1. The summed E-state index contributed by atoms with van der Waals surface area (Å²) in [5.41, 5.74) is 1.38. The molecule has 1 amide bonds. The molecule has 0 saturated carbocycles. The summed E-state index contributed by atoms with van der Waals surface area (Å²) in [7, 11) is 1.76. The zero-order valence-corrected chi connectivity index (χ0v) is 9.99. The third-order valence-corrected chi connectivity index (χ3v) is 2.99. The number of anilines is 1. The molecule has 0 aliphatic rings. The summed E-state index contributed by atoms with van der Waals surface area (Å²) in [4.78, 5) is 14.7. The van der Waals surface area contributed by atoms with E-state index in [1.807, 2.05) is 43.3 Å². The van der Waals surface area contributed by atoms with Crippen molar-refractivity contribution in [3.05, 3.63) is 47.0 Å².